The number of unbranched alkanes of at least 4 members (excludes halogenated alkanes) is 1. The van der Waals surface area contributed by atoms with Crippen LogP contribution < -0.4 is 4.90 Å². The maximum atomic E-state index is 12.6. The maximum absolute atomic E-state index is 12.6. The smallest absolute Gasteiger partial charge is 0.229 e. The van der Waals surface area contributed by atoms with Gasteiger partial charge in [0, 0.05) is 51.0 Å². The van der Waals surface area contributed by atoms with E-state index in [1.807, 2.05) is 0 Å². The number of piperazine rings is 1. The lowest BCUT2D eigenvalue weighted by Crippen LogP contribution is -2.48. The van der Waals surface area contributed by atoms with Crippen LogP contribution in [-0.4, -0.2) is 70.7 Å². The molecule has 2 amide bonds. The van der Waals surface area contributed by atoms with E-state index in [4.69, 9.17) is 0 Å². The summed E-state index contributed by atoms with van der Waals surface area (Å²) in [6.07, 6.45) is 4.76. The number of likely N-dealkylation sites (tertiary alicyclic amines) is 1. The Balaban J connectivity index is 0.00000193. The van der Waals surface area contributed by atoms with Crippen molar-refractivity contribution in [3.05, 3.63) is 24.3 Å². The molecule has 33 heavy (non-hydrogen) atoms. The highest BCUT2D eigenvalue weighted by atomic mass is 35.5. The van der Waals surface area contributed by atoms with Crippen molar-refractivity contribution in [3.63, 3.8) is 0 Å². The summed E-state index contributed by atoms with van der Waals surface area (Å²) in [5.74, 6) is 1.19. The Morgan fingerprint density at radius 1 is 0.939 bits per heavy atom. The van der Waals surface area contributed by atoms with E-state index in [2.05, 4.69) is 52.3 Å². The number of aromatic nitrogens is 1. The minimum absolute atomic E-state index is 0. The second kappa shape index (κ2) is 12.1. The second-order valence-electron chi connectivity index (χ2n) is 9.04. The SMILES string of the molecule is CCC1(CC)CC(=O)N(CCCCN2CCN(c3nsc4ccccc34)CC2)C(=O)C1.Cl.O. The first-order valence-electron chi connectivity index (χ1n) is 11.7. The first-order valence-corrected chi connectivity index (χ1v) is 12.5. The van der Waals surface area contributed by atoms with Crippen molar-refractivity contribution in [1.82, 2.24) is 14.2 Å². The van der Waals surface area contributed by atoms with Crippen molar-refractivity contribution < 1.29 is 15.1 Å². The summed E-state index contributed by atoms with van der Waals surface area (Å²) >= 11 is 1.58. The lowest BCUT2D eigenvalue weighted by Gasteiger charge is -2.39. The van der Waals surface area contributed by atoms with Gasteiger partial charge in [-0.2, -0.15) is 4.37 Å². The standard InChI is InChI=1S/C24H34N4O2S.ClH.H2O/c1-3-24(4-2)17-21(29)28(22(30)18-24)12-8-7-11-26-13-15-27(16-14-26)23-19-9-5-6-10-20(19)31-25-23;;/h5-6,9-10H,3-4,7-8,11-18H2,1-2H3;1H;1H2. The lowest BCUT2D eigenvalue weighted by molar-refractivity contribution is -0.153. The molecule has 4 rings (SSSR count). The molecule has 2 N–H and O–H groups in total. The molecule has 184 valence electrons. The highest BCUT2D eigenvalue weighted by Gasteiger charge is 2.40. The Kier molecular flexibility index (Phi) is 10.1. The van der Waals surface area contributed by atoms with Gasteiger partial charge in [-0.05, 0) is 61.3 Å². The van der Waals surface area contributed by atoms with E-state index >= 15 is 0 Å². The highest BCUT2D eigenvalue weighted by molar-refractivity contribution is 7.13. The van der Waals surface area contributed by atoms with Crippen molar-refractivity contribution in [2.75, 3.05) is 44.2 Å². The molecule has 2 aliphatic heterocycles. The number of imide groups is 1. The van der Waals surface area contributed by atoms with E-state index in [0.29, 0.717) is 19.4 Å². The van der Waals surface area contributed by atoms with E-state index in [-0.39, 0.29) is 35.1 Å². The fraction of sp³-hybridized carbons (Fsp3) is 0.625. The molecule has 7 nitrogen and oxygen atoms in total. The molecule has 2 fully saturated rings. The van der Waals surface area contributed by atoms with Crippen LogP contribution in [0.25, 0.3) is 10.1 Å². The van der Waals surface area contributed by atoms with Crippen molar-refractivity contribution in [2.24, 2.45) is 5.41 Å². The number of rotatable bonds is 8. The zero-order chi connectivity index (χ0) is 21.8. The molecule has 0 aliphatic carbocycles. The van der Waals surface area contributed by atoms with Crippen LogP contribution >= 0.6 is 23.9 Å². The molecule has 0 saturated carbocycles. The van der Waals surface area contributed by atoms with E-state index in [1.54, 1.807) is 11.5 Å². The van der Waals surface area contributed by atoms with Gasteiger partial charge >= 0.3 is 0 Å². The van der Waals surface area contributed by atoms with Gasteiger partial charge in [-0.25, -0.2) is 0 Å². The van der Waals surface area contributed by atoms with Gasteiger partial charge in [0.05, 0.1) is 4.70 Å². The molecule has 1 aromatic carbocycles. The molecule has 0 spiro atoms. The minimum atomic E-state index is -0.104. The number of carbonyl (C=O) groups excluding carboxylic acids is 2. The molecule has 1 aromatic heterocycles. The van der Waals surface area contributed by atoms with Gasteiger partial charge in [-0.15, -0.1) is 12.4 Å². The third-order valence-corrected chi connectivity index (χ3v) is 8.11. The number of hydrogen-bond acceptors (Lipinski definition) is 6. The number of nitrogens with zero attached hydrogens (tertiary/aromatic N) is 4. The van der Waals surface area contributed by atoms with E-state index in [0.717, 1.165) is 64.2 Å². The summed E-state index contributed by atoms with van der Waals surface area (Å²) < 4.78 is 5.93. The summed E-state index contributed by atoms with van der Waals surface area (Å²) in [5, 5.41) is 1.26. The molecule has 2 aromatic rings. The van der Waals surface area contributed by atoms with Crippen LogP contribution in [0.5, 0.6) is 0 Å². The molecule has 0 atom stereocenters. The largest absolute Gasteiger partial charge is 0.412 e. The lowest BCUT2D eigenvalue weighted by atomic mass is 9.73. The predicted octanol–water partition coefficient (Wildman–Crippen LogP) is 3.75. The van der Waals surface area contributed by atoms with Gasteiger partial charge in [0.1, 0.15) is 5.82 Å². The fourth-order valence-corrected chi connectivity index (χ4v) is 5.72. The Morgan fingerprint density at radius 3 is 2.18 bits per heavy atom. The van der Waals surface area contributed by atoms with Crippen LogP contribution in [0.3, 0.4) is 0 Å². The van der Waals surface area contributed by atoms with Crippen molar-refractivity contribution in [1.29, 1.82) is 0 Å². The fourth-order valence-electron chi connectivity index (χ4n) is 4.92. The molecular weight excluding hydrogens is 460 g/mol. The molecule has 2 saturated heterocycles. The number of carbonyl (C=O) groups is 2. The Labute approximate surface area is 207 Å². The van der Waals surface area contributed by atoms with Crippen molar-refractivity contribution in [3.8, 4) is 0 Å². The van der Waals surface area contributed by atoms with E-state index in [9.17, 15) is 9.59 Å². The van der Waals surface area contributed by atoms with Crippen LogP contribution in [0.1, 0.15) is 52.4 Å². The van der Waals surface area contributed by atoms with Crippen LogP contribution in [0.2, 0.25) is 0 Å². The van der Waals surface area contributed by atoms with Crippen molar-refractivity contribution in [2.45, 2.75) is 52.4 Å². The number of halogens is 1. The summed E-state index contributed by atoms with van der Waals surface area (Å²) in [4.78, 5) is 31.5. The van der Waals surface area contributed by atoms with E-state index in [1.165, 1.54) is 15.0 Å². The van der Waals surface area contributed by atoms with Gasteiger partial charge in [0.2, 0.25) is 11.8 Å². The molecule has 0 radical (unpaired) electrons. The Bertz CT molecular complexity index is 905. The van der Waals surface area contributed by atoms with Crippen LogP contribution in [0.4, 0.5) is 5.82 Å². The topological polar surface area (TPSA) is 88.2 Å². The minimum Gasteiger partial charge on any atom is -0.412 e. The number of benzene rings is 1. The normalized spacial score (nSPS) is 18.8. The summed E-state index contributed by atoms with van der Waals surface area (Å²) in [6, 6.07) is 8.44. The maximum Gasteiger partial charge on any atom is 0.229 e. The average molecular weight is 497 g/mol. The zero-order valence-corrected chi connectivity index (χ0v) is 21.3. The number of piperidine rings is 1. The van der Waals surface area contributed by atoms with Crippen LogP contribution in [0, 0.1) is 5.41 Å². The molecule has 3 heterocycles. The first-order chi connectivity index (χ1) is 15.0. The molecule has 2 aliphatic rings. The summed E-state index contributed by atoms with van der Waals surface area (Å²) in [5.41, 5.74) is -0.104. The monoisotopic (exact) mass is 496 g/mol. The molecule has 0 bridgehead atoms. The first kappa shape index (κ1) is 27.5. The van der Waals surface area contributed by atoms with Crippen LogP contribution in [0.15, 0.2) is 24.3 Å². The van der Waals surface area contributed by atoms with Crippen molar-refractivity contribution >= 4 is 51.7 Å². The third-order valence-electron chi connectivity index (χ3n) is 7.29. The van der Waals surface area contributed by atoms with Gasteiger partial charge in [0.15, 0.2) is 0 Å². The third kappa shape index (κ3) is 6.04. The van der Waals surface area contributed by atoms with Crippen LogP contribution in [-0.2, 0) is 9.59 Å². The number of fused-ring (bicyclic) bond motifs is 1. The average Bonchev–Trinajstić information content (AvgIpc) is 3.22. The number of anilines is 1. The van der Waals surface area contributed by atoms with E-state index < -0.39 is 0 Å². The summed E-state index contributed by atoms with van der Waals surface area (Å²) in [6.45, 7) is 9.83. The van der Waals surface area contributed by atoms with Gasteiger partial charge in [-0.1, -0.05) is 26.0 Å². The quantitative estimate of drug-likeness (QED) is 0.410. The molecule has 9 heteroatoms. The number of amides is 2. The Morgan fingerprint density at radius 2 is 1.55 bits per heavy atom. The summed E-state index contributed by atoms with van der Waals surface area (Å²) in [7, 11) is 0. The Hall–Kier alpha value is -1.74. The second-order valence-corrected chi connectivity index (χ2v) is 9.84. The molecular formula is C24H37ClN4O3S. The molecule has 0 unspecified atom stereocenters. The highest BCUT2D eigenvalue weighted by Crippen LogP contribution is 2.39. The number of hydrogen-bond donors (Lipinski definition) is 0. The van der Waals surface area contributed by atoms with Gasteiger partial charge in [-0.3, -0.25) is 19.4 Å². The van der Waals surface area contributed by atoms with Gasteiger partial charge < -0.3 is 10.4 Å². The predicted molar refractivity (Wildman–Crippen MR) is 137 cm³/mol. The van der Waals surface area contributed by atoms with Gasteiger partial charge in [0.25, 0.3) is 0 Å². The zero-order valence-electron chi connectivity index (χ0n) is 19.7.